The lowest BCUT2D eigenvalue weighted by Gasteiger charge is -2.26. The quantitative estimate of drug-likeness (QED) is 0.173. The fourth-order valence-corrected chi connectivity index (χ4v) is 4.94. The Morgan fingerprint density at radius 3 is 2.44 bits per heavy atom. The third-order valence-electron chi connectivity index (χ3n) is 6.32. The maximum Gasteiger partial charge on any atom is 0.134 e. The number of nitrogens with zero attached hydrogens (tertiary/aromatic N) is 1. The van der Waals surface area contributed by atoms with Crippen molar-refractivity contribution in [3.05, 3.63) is 142 Å². The Balaban J connectivity index is 1.48. The molecule has 0 spiro atoms. The van der Waals surface area contributed by atoms with E-state index in [-0.39, 0.29) is 0 Å². The second-order valence-corrected chi connectivity index (χ2v) is 10.8. The van der Waals surface area contributed by atoms with Crippen LogP contribution >= 0.6 is 23.4 Å². The van der Waals surface area contributed by atoms with Gasteiger partial charge in [0, 0.05) is 47.9 Å². The van der Waals surface area contributed by atoms with E-state index in [9.17, 15) is 0 Å². The molecule has 4 nitrogen and oxygen atoms in total. The van der Waals surface area contributed by atoms with Crippen LogP contribution in [0.4, 0.5) is 0 Å². The molecule has 1 aromatic heterocycles. The van der Waals surface area contributed by atoms with Gasteiger partial charge in [0.25, 0.3) is 0 Å². The maximum absolute atomic E-state index is 6.52. The molecule has 6 heteroatoms. The van der Waals surface area contributed by atoms with Gasteiger partial charge in [0.1, 0.15) is 11.3 Å². The fraction of sp³-hybridized carbons (Fsp3) is 0.152. The van der Waals surface area contributed by atoms with Crippen LogP contribution in [0.25, 0.3) is 22.2 Å². The van der Waals surface area contributed by atoms with Crippen LogP contribution in [0.3, 0.4) is 0 Å². The van der Waals surface area contributed by atoms with Gasteiger partial charge in [-0.25, -0.2) is 0 Å². The molecule has 0 aliphatic heterocycles. The van der Waals surface area contributed by atoms with Crippen molar-refractivity contribution in [2.45, 2.75) is 26.4 Å². The number of para-hydroxylation sites is 1. The Bertz CT molecular complexity index is 1470. The Kier molecular flexibility index (Phi) is 9.64. The molecular weight excluding hydrogens is 522 g/mol. The van der Waals surface area contributed by atoms with Crippen molar-refractivity contribution in [1.82, 2.24) is 10.2 Å². The van der Waals surface area contributed by atoms with Gasteiger partial charge in [-0.05, 0) is 52.8 Å². The van der Waals surface area contributed by atoms with Gasteiger partial charge >= 0.3 is 0 Å². The van der Waals surface area contributed by atoms with Gasteiger partial charge in [-0.2, -0.15) is 0 Å². The van der Waals surface area contributed by atoms with Crippen LogP contribution in [0.1, 0.15) is 35.8 Å². The number of rotatable bonds is 13. The molecule has 0 saturated heterocycles. The predicted octanol–water partition coefficient (Wildman–Crippen LogP) is 8.78. The van der Waals surface area contributed by atoms with Crippen molar-refractivity contribution in [2.75, 3.05) is 6.54 Å². The summed E-state index contributed by atoms with van der Waals surface area (Å²) in [7, 11) is 0. The Labute approximate surface area is 240 Å². The first-order chi connectivity index (χ1) is 18.8. The molecule has 0 aliphatic carbocycles. The van der Waals surface area contributed by atoms with Gasteiger partial charge in [0.15, 0.2) is 0 Å². The molecule has 3 N–H and O–H groups in total. The molecule has 0 radical (unpaired) electrons. The molecule has 0 amide bonds. The zero-order valence-electron chi connectivity index (χ0n) is 22.3. The minimum Gasteiger partial charge on any atom is -0.456 e. The molecule has 200 valence electrons. The molecule has 4 rings (SSSR count). The zero-order valence-corrected chi connectivity index (χ0v) is 23.8. The predicted molar refractivity (Wildman–Crippen MR) is 169 cm³/mol. The number of fused-ring (bicyclic) bond motifs is 1. The first-order valence-corrected chi connectivity index (χ1v) is 14.0. The smallest absolute Gasteiger partial charge is 0.134 e. The first kappa shape index (κ1) is 28.2. The van der Waals surface area contributed by atoms with Gasteiger partial charge in [-0.3, -0.25) is 0 Å². The molecule has 0 fully saturated rings. The molecule has 0 aliphatic rings. The van der Waals surface area contributed by atoms with Crippen molar-refractivity contribution < 1.29 is 4.42 Å². The zero-order chi connectivity index (χ0) is 27.8. The molecule has 4 aromatic rings. The first-order valence-electron chi connectivity index (χ1n) is 12.7. The topological polar surface area (TPSA) is 54.4 Å². The highest BCUT2D eigenvalue weighted by Gasteiger charge is 2.13. The van der Waals surface area contributed by atoms with Crippen LogP contribution < -0.4 is 11.1 Å². The van der Waals surface area contributed by atoms with Crippen LogP contribution in [0.15, 0.2) is 119 Å². The number of hydrogen-bond donors (Lipinski definition) is 2. The number of nitrogens with one attached hydrogen (secondary N) is 1. The van der Waals surface area contributed by atoms with Crippen molar-refractivity contribution in [1.29, 1.82) is 0 Å². The third-order valence-corrected chi connectivity index (χ3v) is 7.69. The number of hydrogen-bond acceptors (Lipinski definition) is 5. The van der Waals surface area contributed by atoms with Crippen LogP contribution in [-0.4, -0.2) is 11.4 Å². The third kappa shape index (κ3) is 7.85. The van der Waals surface area contributed by atoms with E-state index in [1.54, 1.807) is 11.8 Å². The number of allylic oxidation sites excluding steroid dienone is 1. The van der Waals surface area contributed by atoms with Gasteiger partial charge in [-0.1, -0.05) is 104 Å². The van der Waals surface area contributed by atoms with E-state index in [0.29, 0.717) is 31.8 Å². The normalized spacial score (nSPS) is 11.4. The maximum atomic E-state index is 6.52. The summed E-state index contributed by atoms with van der Waals surface area (Å²) in [6.45, 7) is 16.4. The van der Waals surface area contributed by atoms with E-state index in [1.165, 1.54) is 0 Å². The van der Waals surface area contributed by atoms with Gasteiger partial charge in [-0.15, -0.1) is 0 Å². The van der Waals surface area contributed by atoms with Crippen LogP contribution in [0.5, 0.6) is 0 Å². The monoisotopic (exact) mass is 555 g/mol. The average Bonchev–Trinajstić information content (AvgIpc) is 3.37. The minimum atomic E-state index is 0.641. The number of thioether (sulfide) groups is 1. The number of nitrogens with two attached hydrogens (primary N) is 1. The van der Waals surface area contributed by atoms with Gasteiger partial charge in [0.2, 0.25) is 0 Å². The molecule has 3 aromatic carbocycles. The number of benzene rings is 3. The lowest BCUT2D eigenvalue weighted by atomic mass is 10.1. The molecule has 0 saturated carbocycles. The average molecular weight is 556 g/mol. The molecule has 0 bridgehead atoms. The summed E-state index contributed by atoms with van der Waals surface area (Å²) in [6.07, 6.45) is 0.706. The Hall–Kier alpha value is -3.80. The summed E-state index contributed by atoms with van der Waals surface area (Å²) in [4.78, 5) is 2.24. The van der Waals surface area contributed by atoms with E-state index in [1.807, 2.05) is 36.4 Å². The van der Waals surface area contributed by atoms with Crippen molar-refractivity contribution >= 4 is 45.6 Å². The summed E-state index contributed by atoms with van der Waals surface area (Å²) in [5, 5.41) is 8.15. The lowest BCUT2D eigenvalue weighted by molar-refractivity contribution is 0.354. The number of halogens is 1. The largest absolute Gasteiger partial charge is 0.456 e. The molecular formula is C33H34ClN3OS. The Morgan fingerprint density at radius 2 is 1.72 bits per heavy atom. The number of furan rings is 1. The molecule has 0 unspecified atom stereocenters. The minimum absolute atomic E-state index is 0.641. The SMILES string of the molecule is C=C(N)CCNC(=C)c1ccc(CN(Cc2ccccc2Cl)C(=C)S/C=C(\C)c2cc3ccccc3o2)cc1. The van der Waals surface area contributed by atoms with Crippen molar-refractivity contribution in [3.8, 4) is 0 Å². The highest BCUT2D eigenvalue weighted by molar-refractivity contribution is 8.05. The van der Waals surface area contributed by atoms with Crippen molar-refractivity contribution in [3.63, 3.8) is 0 Å². The van der Waals surface area contributed by atoms with E-state index < -0.39 is 0 Å². The van der Waals surface area contributed by atoms with E-state index in [4.69, 9.17) is 21.8 Å². The van der Waals surface area contributed by atoms with Crippen LogP contribution in [0.2, 0.25) is 5.02 Å². The molecule has 0 atom stereocenters. The fourth-order valence-electron chi connectivity index (χ4n) is 4.04. The lowest BCUT2D eigenvalue weighted by Crippen LogP contribution is -2.20. The van der Waals surface area contributed by atoms with Gasteiger partial charge < -0.3 is 20.4 Å². The van der Waals surface area contributed by atoms with E-state index in [0.717, 1.165) is 54.7 Å². The van der Waals surface area contributed by atoms with E-state index in [2.05, 4.69) is 84.7 Å². The van der Waals surface area contributed by atoms with Crippen LogP contribution in [0, 0.1) is 0 Å². The molecule has 1 heterocycles. The van der Waals surface area contributed by atoms with Crippen LogP contribution in [-0.2, 0) is 13.1 Å². The van der Waals surface area contributed by atoms with Crippen molar-refractivity contribution in [2.24, 2.45) is 5.73 Å². The standard InChI is InChI=1S/C33H34ClN3OS/c1-23(33-19-29-9-6-8-12-32(29)38-33)22-39-26(4)37(21-30-10-5-7-11-31(30)34)20-27-13-15-28(16-14-27)25(3)36-18-17-24(2)35/h5-16,19,22,36H,2-4,17-18,20-21,35H2,1H3/b23-22+. The highest BCUT2D eigenvalue weighted by Crippen LogP contribution is 2.31. The summed E-state index contributed by atoms with van der Waals surface area (Å²) in [6, 6.07) is 26.4. The second kappa shape index (κ2) is 13.3. The molecule has 39 heavy (non-hydrogen) atoms. The summed E-state index contributed by atoms with van der Waals surface area (Å²) >= 11 is 8.11. The highest BCUT2D eigenvalue weighted by atomic mass is 35.5. The Morgan fingerprint density at radius 1 is 1.00 bits per heavy atom. The second-order valence-electron chi connectivity index (χ2n) is 9.42. The van der Waals surface area contributed by atoms with Gasteiger partial charge in [0.05, 0.1) is 5.03 Å². The summed E-state index contributed by atoms with van der Waals surface area (Å²) in [5.74, 6) is 0.856. The summed E-state index contributed by atoms with van der Waals surface area (Å²) in [5.41, 5.74) is 12.4. The summed E-state index contributed by atoms with van der Waals surface area (Å²) < 4.78 is 6.03. The van der Waals surface area contributed by atoms with E-state index >= 15 is 0 Å².